The van der Waals surface area contributed by atoms with Gasteiger partial charge in [0, 0.05) is 11.5 Å². The van der Waals surface area contributed by atoms with Crippen LogP contribution in [0.4, 0.5) is 13.2 Å². The molecule has 1 heterocycles. The lowest BCUT2D eigenvalue weighted by atomic mass is 10.3. The number of aliphatic hydroxyl groups excluding tert-OH is 1. The van der Waals surface area contributed by atoms with Crippen LogP contribution >= 0.6 is 11.8 Å². The highest BCUT2D eigenvalue weighted by Gasteiger charge is 2.41. The molecule has 2 N–H and O–H groups in total. The quantitative estimate of drug-likeness (QED) is 0.653. The van der Waals surface area contributed by atoms with Gasteiger partial charge in [0.05, 0.1) is 13.1 Å². The second-order valence-corrected chi connectivity index (χ2v) is 4.35. The van der Waals surface area contributed by atoms with Crippen LogP contribution in [0.15, 0.2) is 0 Å². The van der Waals surface area contributed by atoms with E-state index in [0.717, 1.165) is 29.5 Å². The van der Waals surface area contributed by atoms with Crippen LogP contribution < -0.4 is 4.90 Å². The average Bonchev–Trinajstić information content (AvgIpc) is 2.04. The summed E-state index contributed by atoms with van der Waals surface area (Å²) in [4.78, 5) is 0.851. The van der Waals surface area contributed by atoms with Crippen molar-refractivity contribution in [2.75, 3.05) is 31.1 Å². The molecule has 0 aromatic rings. The van der Waals surface area contributed by atoms with E-state index in [4.69, 9.17) is 5.11 Å². The highest BCUT2D eigenvalue weighted by atomic mass is 32.2. The Labute approximate surface area is 79.1 Å². The lowest BCUT2D eigenvalue weighted by Gasteiger charge is -2.26. The number of halogens is 3. The molecule has 13 heavy (non-hydrogen) atoms. The van der Waals surface area contributed by atoms with Crippen LogP contribution in [-0.4, -0.2) is 48.5 Å². The van der Waals surface area contributed by atoms with Gasteiger partial charge in [0.2, 0.25) is 0 Å². The van der Waals surface area contributed by atoms with Crippen LogP contribution in [0, 0.1) is 0 Å². The highest BCUT2D eigenvalue weighted by molar-refractivity contribution is 7.99. The van der Waals surface area contributed by atoms with Crippen molar-refractivity contribution < 1.29 is 23.2 Å². The maximum absolute atomic E-state index is 11.9. The summed E-state index contributed by atoms with van der Waals surface area (Å²) < 4.78 is 35.8. The maximum atomic E-state index is 11.9. The molecular formula is C7H13F3NOS+. The zero-order chi connectivity index (χ0) is 9.90. The molecule has 0 aromatic carbocycles. The number of rotatable bonds is 2. The van der Waals surface area contributed by atoms with Crippen LogP contribution in [-0.2, 0) is 0 Å². The van der Waals surface area contributed by atoms with Crippen LogP contribution in [0.1, 0.15) is 0 Å². The van der Waals surface area contributed by atoms with Crippen molar-refractivity contribution in [3.8, 4) is 0 Å². The van der Waals surface area contributed by atoms with Crippen molar-refractivity contribution in [3.05, 3.63) is 0 Å². The van der Waals surface area contributed by atoms with Gasteiger partial charge in [0.1, 0.15) is 6.54 Å². The third-order valence-corrected chi connectivity index (χ3v) is 3.05. The van der Waals surface area contributed by atoms with Crippen molar-refractivity contribution in [1.82, 2.24) is 0 Å². The second kappa shape index (κ2) is 4.52. The van der Waals surface area contributed by atoms with Crippen LogP contribution in [0.5, 0.6) is 0 Å². The van der Waals surface area contributed by atoms with Gasteiger partial charge < -0.3 is 10.0 Å². The first-order valence-electron chi connectivity index (χ1n) is 4.16. The molecule has 1 rings (SSSR count). The van der Waals surface area contributed by atoms with Crippen molar-refractivity contribution in [1.29, 1.82) is 0 Å². The number of quaternary nitrogens is 1. The van der Waals surface area contributed by atoms with E-state index in [1.807, 2.05) is 0 Å². The topological polar surface area (TPSA) is 24.7 Å². The van der Waals surface area contributed by atoms with Gasteiger partial charge in [-0.3, -0.25) is 0 Å². The van der Waals surface area contributed by atoms with Crippen LogP contribution in [0.3, 0.4) is 0 Å². The number of hydrogen-bond acceptors (Lipinski definition) is 2. The second-order valence-electron chi connectivity index (χ2n) is 3.12. The fourth-order valence-electron chi connectivity index (χ4n) is 1.25. The summed E-state index contributed by atoms with van der Waals surface area (Å²) in [6.45, 7) is 1.24. The Morgan fingerprint density at radius 3 is 2.31 bits per heavy atom. The zero-order valence-corrected chi connectivity index (χ0v) is 7.92. The van der Waals surface area contributed by atoms with E-state index in [9.17, 15) is 13.2 Å². The molecule has 6 heteroatoms. The van der Waals surface area contributed by atoms with Crippen molar-refractivity contribution >= 4 is 11.8 Å². The maximum Gasteiger partial charge on any atom is 0.419 e. The van der Waals surface area contributed by atoms with Gasteiger partial charge in [-0.15, -0.1) is 0 Å². The minimum atomic E-state index is -4.46. The van der Waals surface area contributed by atoms with Crippen LogP contribution in [0.2, 0.25) is 0 Å². The summed E-state index contributed by atoms with van der Waals surface area (Å²) in [5, 5.41) is 8.79. The van der Waals surface area contributed by atoms with E-state index in [-0.39, 0.29) is 6.54 Å². The third-order valence-electron chi connectivity index (χ3n) is 2.06. The monoisotopic (exact) mass is 216 g/mol. The molecule has 0 saturated carbocycles. The standard InChI is InChI=1S/C7H12F3NOS/c8-7(9,10)6(12)5-11-1-3-13-4-2-11/h6,12H,1-5H2/p+1/t6-/m0/s1. The van der Waals surface area contributed by atoms with E-state index in [1.54, 1.807) is 11.8 Å². The summed E-state index contributed by atoms with van der Waals surface area (Å²) in [5.74, 6) is 1.78. The first-order valence-corrected chi connectivity index (χ1v) is 5.31. The van der Waals surface area contributed by atoms with Gasteiger partial charge in [-0.1, -0.05) is 0 Å². The first kappa shape index (κ1) is 11.1. The molecule has 1 saturated heterocycles. The lowest BCUT2D eigenvalue weighted by molar-refractivity contribution is -0.900. The summed E-state index contributed by atoms with van der Waals surface area (Å²) in [6.07, 6.45) is -6.62. The van der Waals surface area contributed by atoms with Crippen molar-refractivity contribution in [2.24, 2.45) is 0 Å². The van der Waals surface area contributed by atoms with Gasteiger partial charge in [-0.25, -0.2) is 0 Å². The number of thioether (sulfide) groups is 1. The number of hydrogen-bond donors (Lipinski definition) is 2. The Hall–Kier alpha value is 0.0600. The molecule has 0 unspecified atom stereocenters. The van der Waals surface area contributed by atoms with E-state index < -0.39 is 12.3 Å². The Bertz CT molecular complexity index is 158. The molecule has 1 aliphatic rings. The number of alkyl halides is 3. The molecule has 2 nitrogen and oxygen atoms in total. The van der Waals surface area contributed by atoms with E-state index >= 15 is 0 Å². The van der Waals surface area contributed by atoms with Gasteiger partial charge in [0.15, 0.2) is 6.10 Å². The minimum absolute atomic E-state index is 0.204. The molecule has 1 aliphatic heterocycles. The fraction of sp³-hybridized carbons (Fsp3) is 1.00. The molecule has 0 bridgehead atoms. The van der Waals surface area contributed by atoms with Crippen molar-refractivity contribution in [2.45, 2.75) is 12.3 Å². The fourth-order valence-corrected chi connectivity index (χ4v) is 2.32. The molecule has 1 fully saturated rings. The van der Waals surface area contributed by atoms with E-state index in [1.165, 1.54) is 0 Å². The van der Waals surface area contributed by atoms with Gasteiger partial charge >= 0.3 is 6.18 Å². The Kier molecular flexibility index (Phi) is 3.87. The van der Waals surface area contributed by atoms with Crippen LogP contribution in [0.25, 0.3) is 0 Å². The molecule has 0 spiro atoms. The van der Waals surface area contributed by atoms with Gasteiger partial charge in [-0.2, -0.15) is 24.9 Å². The third kappa shape index (κ3) is 3.74. The van der Waals surface area contributed by atoms with Gasteiger partial charge in [-0.05, 0) is 0 Å². The smallest absolute Gasteiger partial charge is 0.379 e. The number of nitrogens with one attached hydrogen (secondary N) is 1. The normalized spacial score (nSPS) is 23.1. The SMILES string of the molecule is O[C@@H](C[NH+]1CCSCC1)C(F)(F)F. The summed E-state index contributed by atoms with van der Waals surface area (Å²) in [7, 11) is 0. The molecular weight excluding hydrogens is 203 g/mol. The Balaban J connectivity index is 2.30. The average molecular weight is 216 g/mol. The first-order chi connectivity index (χ1) is 6.00. The minimum Gasteiger partial charge on any atom is -0.379 e. The highest BCUT2D eigenvalue weighted by Crippen LogP contribution is 2.18. The summed E-state index contributed by atoms with van der Waals surface area (Å²) in [6, 6.07) is 0. The molecule has 1 atom stereocenters. The predicted octanol–water partition coefficient (Wildman–Crippen LogP) is -0.459. The Morgan fingerprint density at radius 2 is 1.85 bits per heavy atom. The Morgan fingerprint density at radius 1 is 1.31 bits per heavy atom. The molecule has 0 aliphatic carbocycles. The largest absolute Gasteiger partial charge is 0.419 e. The summed E-state index contributed by atoms with van der Waals surface area (Å²) in [5.41, 5.74) is 0. The lowest BCUT2D eigenvalue weighted by Crippen LogP contribution is -3.15. The molecule has 78 valence electrons. The predicted molar refractivity (Wildman–Crippen MR) is 45.0 cm³/mol. The zero-order valence-electron chi connectivity index (χ0n) is 7.10. The van der Waals surface area contributed by atoms with Gasteiger partial charge in [0.25, 0.3) is 0 Å². The summed E-state index contributed by atoms with van der Waals surface area (Å²) >= 11 is 1.75. The molecule has 0 amide bonds. The van der Waals surface area contributed by atoms with E-state index in [0.29, 0.717) is 0 Å². The van der Waals surface area contributed by atoms with E-state index in [2.05, 4.69) is 0 Å². The molecule has 0 aromatic heterocycles. The molecule has 0 radical (unpaired) electrons. The van der Waals surface area contributed by atoms with Crippen molar-refractivity contribution in [3.63, 3.8) is 0 Å². The number of aliphatic hydroxyl groups is 1.